The highest BCUT2D eigenvalue weighted by Crippen LogP contribution is 2.26. The van der Waals surface area contributed by atoms with Crippen molar-refractivity contribution >= 4 is 17.7 Å². The van der Waals surface area contributed by atoms with Gasteiger partial charge in [-0.05, 0) is 42.7 Å². The molecule has 5 nitrogen and oxygen atoms in total. The van der Waals surface area contributed by atoms with E-state index in [2.05, 4.69) is 10.2 Å². The fourth-order valence-electron chi connectivity index (χ4n) is 3.65. The van der Waals surface area contributed by atoms with Crippen molar-refractivity contribution in [2.75, 3.05) is 18.8 Å². The SMILES string of the molecule is O=C(CSc1nnc(-c2ccc(F)cc2)n1Cc1ccccc1)N1CCCCCC1. The zero-order valence-electron chi connectivity index (χ0n) is 16.8. The van der Waals surface area contributed by atoms with Gasteiger partial charge in [0.15, 0.2) is 11.0 Å². The van der Waals surface area contributed by atoms with Crippen LogP contribution in [0.25, 0.3) is 11.4 Å². The summed E-state index contributed by atoms with van der Waals surface area (Å²) in [5, 5.41) is 9.42. The number of carbonyl (C=O) groups excluding carboxylic acids is 1. The minimum Gasteiger partial charge on any atom is -0.342 e. The number of benzene rings is 2. The molecule has 0 aliphatic carbocycles. The zero-order valence-corrected chi connectivity index (χ0v) is 17.7. The number of carbonyl (C=O) groups is 1. The normalized spacial score (nSPS) is 14.5. The summed E-state index contributed by atoms with van der Waals surface area (Å²) in [6.07, 6.45) is 4.55. The monoisotopic (exact) mass is 424 g/mol. The van der Waals surface area contributed by atoms with Crippen LogP contribution >= 0.6 is 11.8 Å². The molecule has 3 aromatic rings. The van der Waals surface area contributed by atoms with E-state index >= 15 is 0 Å². The highest BCUT2D eigenvalue weighted by Gasteiger charge is 2.19. The Morgan fingerprint density at radius 2 is 1.63 bits per heavy atom. The van der Waals surface area contributed by atoms with Gasteiger partial charge in [-0.25, -0.2) is 4.39 Å². The standard InChI is InChI=1S/C23H25FN4OS/c24-20-12-10-19(11-13-20)22-25-26-23(28(22)16-18-8-4-3-5-9-18)30-17-21(29)27-14-6-1-2-7-15-27/h3-5,8-13H,1-2,6-7,14-17H2. The molecule has 0 radical (unpaired) electrons. The molecule has 156 valence electrons. The fourth-order valence-corrected chi connectivity index (χ4v) is 4.49. The van der Waals surface area contributed by atoms with Crippen LogP contribution in [0.5, 0.6) is 0 Å². The Bertz CT molecular complexity index is 967. The molecule has 1 aliphatic heterocycles. The van der Waals surface area contributed by atoms with Crippen LogP contribution in [0.15, 0.2) is 59.8 Å². The third-order valence-electron chi connectivity index (χ3n) is 5.29. The van der Waals surface area contributed by atoms with Crippen LogP contribution in [-0.4, -0.2) is 44.4 Å². The summed E-state index contributed by atoms with van der Waals surface area (Å²) in [4.78, 5) is 14.7. The highest BCUT2D eigenvalue weighted by molar-refractivity contribution is 7.99. The van der Waals surface area contributed by atoms with Crippen LogP contribution in [-0.2, 0) is 11.3 Å². The second-order valence-corrected chi connectivity index (χ2v) is 8.41. The van der Waals surface area contributed by atoms with E-state index in [0.717, 1.165) is 37.1 Å². The first kappa shape index (κ1) is 20.6. The fraction of sp³-hybridized carbons (Fsp3) is 0.348. The van der Waals surface area contributed by atoms with Gasteiger partial charge in [-0.2, -0.15) is 0 Å². The zero-order chi connectivity index (χ0) is 20.8. The molecular weight excluding hydrogens is 399 g/mol. The Balaban J connectivity index is 1.55. The molecule has 1 saturated heterocycles. The average Bonchev–Trinajstić information content (AvgIpc) is 2.97. The summed E-state index contributed by atoms with van der Waals surface area (Å²) in [7, 11) is 0. The van der Waals surface area contributed by atoms with Gasteiger partial charge >= 0.3 is 0 Å². The van der Waals surface area contributed by atoms with Gasteiger partial charge in [-0.3, -0.25) is 9.36 Å². The van der Waals surface area contributed by atoms with Gasteiger partial charge in [0.2, 0.25) is 5.91 Å². The van der Waals surface area contributed by atoms with Crippen molar-refractivity contribution in [3.05, 3.63) is 66.0 Å². The topological polar surface area (TPSA) is 51.0 Å². The van der Waals surface area contributed by atoms with Crippen molar-refractivity contribution in [1.82, 2.24) is 19.7 Å². The molecule has 1 amide bonds. The second kappa shape index (κ2) is 9.89. The number of nitrogens with zero attached hydrogens (tertiary/aromatic N) is 4. The van der Waals surface area contributed by atoms with Gasteiger partial charge in [-0.1, -0.05) is 54.9 Å². The Hall–Kier alpha value is -2.67. The highest BCUT2D eigenvalue weighted by atomic mass is 32.2. The van der Waals surface area contributed by atoms with Crippen LogP contribution < -0.4 is 0 Å². The van der Waals surface area contributed by atoms with Gasteiger partial charge in [0.1, 0.15) is 5.82 Å². The first-order valence-corrected chi connectivity index (χ1v) is 11.3. The van der Waals surface area contributed by atoms with Crippen molar-refractivity contribution in [2.24, 2.45) is 0 Å². The van der Waals surface area contributed by atoms with Crippen LogP contribution in [0, 0.1) is 5.82 Å². The van der Waals surface area contributed by atoms with Gasteiger partial charge in [0.25, 0.3) is 0 Å². The van der Waals surface area contributed by atoms with Gasteiger partial charge in [0.05, 0.1) is 12.3 Å². The summed E-state index contributed by atoms with van der Waals surface area (Å²) in [5.41, 5.74) is 1.91. The van der Waals surface area contributed by atoms with Crippen molar-refractivity contribution in [3.63, 3.8) is 0 Å². The number of aromatic nitrogens is 3. The van der Waals surface area contributed by atoms with E-state index in [4.69, 9.17) is 0 Å². The smallest absolute Gasteiger partial charge is 0.233 e. The van der Waals surface area contributed by atoms with Crippen molar-refractivity contribution in [1.29, 1.82) is 0 Å². The lowest BCUT2D eigenvalue weighted by atomic mass is 10.2. The molecule has 0 spiro atoms. The van der Waals surface area contributed by atoms with E-state index in [-0.39, 0.29) is 11.7 Å². The molecule has 0 unspecified atom stereocenters. The summed E-state index contributed by atoms with van der Waals surface area (Å²) in [5.74, 6) is 0.879. The second-order valence-electron chi connectivity index (χ2n) is 7.47. The van der Waals surface area contributed by atoms with Crippen LogP contribution in [0.3, 0.4) is 0 Å². The van der Waals surface area contributed by atoms with Gasteiger partial charge < -0.3 is 4.90 Å². The molecule has 7 heteroatoms. The number of thioether (sulfide) groups is 1. The molecule has 1 aromatic heterocycles. The largest absolute Gasteiger partial charge is 0.342 e. The minimum absolute atomic E-state index is 0.152. The van der Waals surface area contributed by atoms with E-state index in [1.54, 1.807) is 12.1 Å². The Morgan fingerprint density at radius 3 is 2.33 bits per heavy atom. The lowest BCUT2D eigenvalue weighted by Gasteiger charge is -2.20. The maximum atomic E-state index is 13.4. The van der Waals surface area contributed by atoms with E-state index < -0.39 is 0 Å². The summed E-state index contributed by atoms with van der Waals surface area (Å²) in [6.45, 7) is 2.27. The molecular formula is C23H25FN4OS. The number of rotatable bonds is 6. The van der Waals surface area contributed by atoms with Crippen LogP contribution in [0.4, 0.5) is 4.39 Å². The molecule has 0 atom stereocenters. The minimum atomic E-state index is -0.287. The Morgan fingerprint density at radius 1 is 0.933 bits per heavy atom. The van der Waals surface area contributed by atoms with E-state index in [9.17, 15) is 9.18 Å². The maximum Gasteiger partial charge on any atom is 0.233 e. The van der Waals surface area contributed by atoms with Crippen LogP contribution in [0.2, 0.25) is 0 Å². The molecule has 1 fully saturated rings. The lowest BCUT2D eigenvalue weighted by molar-refractivity contribution is -0.128. The molecule has 4 rings (SSSR count). The van der Waals surface area contributed by atoms with E-state index in [0.29, 0.717) is 23.3 Å². The summed E-state index contributed by atoms with van der Waals surface area (Å²) >= 11 is 1.42. The van der Waals surface area contributed by atoms with Crippen LogP contribution in [0.1, 0.15) is 31.2 Å². The third kappa shape index (κ3) is 5.08. The number of hydrogen-bond acceptors (Lipinski definition) is 4. The predicted octanol–water partition coefficient (Wildman–Crippen LogP) is 4.63. The lowest BCUT2D eigenvalue weighted by Crippen LogP contribution is -2.33. The predicted molar refractivity (Wildman–Crippen MR) is 117 cm³/mol. The molecule has 2 aromatic carbocycles. The number of hydrogen-bond donors (Lipinski definition) is 0. The third-order valence-corrected chi connectivity index (χ3v) is 6.24. The molecule has 0 saturated carbocycles. The molecule has 1 aliphatic rings. The van der Waals surface area contributed by atoms with Gasteiger partial charge in [-0.15, -0.1) is 10.2 Å². The number of likely N-dealkylation sites (tertiary alicyclic amines) is 1. The summed E-state index contributed by atoms with van der Waals surface area (Å²) in [6, 6.07) is 16.3. The van der Waals surface area contributed by atoms with Crippen molar-refractivity contribution < 1.29 is 9.18 Å². The molecule has 0 N–H and O–H groups in total. The molecule has 0 bridgehead atoms. The van der Waals surface area contributed by atoms with Gasteiger partial charge in [0, 0.05) is 18.7 Å². The quantitative estimate of drug-likeness (QED) is 0.542. The number of halogens is 1. The van der Waals surface area contributed by atoms with Crippen molar-refractivity contribution in [2.45, 2.75) is 37.4 Å². The number of amides is 1. The Labute approximate surface area is 180 Å². The Kier molecular flexibility index (Phi) is 6.79. The first-order valence-electron chi connectivity index (χ1n) is 10.3. The van der Waals surface area contributed by atoms with E-state index in [1.807, 2.05) is 39.8 Å². The van der Waals surface area contributed by atoms with Crippen molar-refractivity contribution in [3.8, 4) is 11.4 Å². The summed E-state index contributed by atoms with van der Waals surface area (Å²) < 4.78 is 15.4. The molecule has 2 heterocycles. The van der Waals surface area contributed by atoms with E-state index in [1.165, 1.54) is 36.7 Å². The molecule has 30 heavy (non-hydrogen) atoms. The average molecular weight is 425 g/mol. The maximum absolute atomic E-state index is 13.4. The first-order chi connectivity index (χ1) is 14.7.